The number of alkyl halides is 2. The lowest BCUT2D eigenvalue weighted by molar-refractivity contribution is 1.56. The van der Waals surface area contributed by atoms with Gasteiger partial charge in [0, 0.05) is 20.6 Å². The van der Waals surface area contributed by atoms with Crippen molar-refractivity contribution in [2.24, 2.45) is 0 Å². The van der Waals surface area contributed by atoms with E-state index < -0.39 is 0 Å². The lowest BCUT2D eigenvalue weighted by Crippen LogP contribution is -2.05. The zero-order valence-corrected chi connectivity index (χ0v) is 13.7. The molecule has 0 saturated heterocycles. The van der Waals surface area contributed by atoms with E-state index in [1.807, 2.05) is 0 Å². The minimum absolute atomic E-state index is 0.206. The van der Waals surface area contributed by atoms with Gasteiger partial charge in [-0.25, -0.2) is 0 Å². The van der Waals surface area contributed by atoms with Gasteiger partial charge in [0.2, 0.25) is 0 Å². The highest BCUT2D eigenvalue weighted by Crippen LogP contribution is 2.09. The summed E-state index contributed by atoms with van der Waals surface area (Å²) >= 11 is 5.10. The summed E-state index contributed by atoms with van der Waals surface area (Å²) in [4.78, 5) is 0. The van der Waals surface area contributed by atoms with Crippen molar-refractivity contribution in [3.63, 3.8) is 0 Å². The molecule has 0 N–H and O–H groups in total. The van der Waals surface area contributed by atoms with Gasteiger partial charge in [-0.2, -0.15) is 0 Å². The molecule has 4 heteroatoms. The number of rotatable bonds is 4. The fourth-order valence-corrected chi connectivity index (χ4v) is 13.2. The van der Waals surface area contributed by atoms with Crippen LogP contribution in [0.4, 0.5) is 0 Å². The van der Waals surface area contributed by atoms with Gasteiger partial charge in [0.15, 0.2) is 0 Å². The van der Waals surface area contributed by atoms with Crippen LogP contribution in [-0.4, -0.2) is 20.6 Å². The molecule has 0 bridgehead atoms. The smallest absolute Gasteiger partial charge is 0.0481 e. The summed E-state index contributed by atoms with van der Waals surface area (Å²) in [6.07, 6.45) is 2.29. The predicted molar refractivity (Wildman–Crippen MR) is 73.2 cm³/mol. The Bertz CT molecular complexity index is 112. The average Bonchev–Trinajstić information content (AvgIpc) is 1.87. The Morgan fingerprint density at radius 3 is 2.60 bits per heavy atom. The van der Waals surface area contributed by atoms with E-state index in [4.69, 9.17) is 0 Å². The molecule has 60 valence electrons. The van der Waals surface area contributed by atoms with Crippen LogP contribution >= 0.6 is 45.2 Å². The van der Waals surface area contributed by atoms with E-state index in [1.165, 1.54) is 0 Å². The number of halogens is 2. The van der Waals surface area contributed by atoms with Crippen LogP contribution in [-0.2, 0) is 0 Å². The molecule has 0 nitrogen and oxygen atoms in total. The van der Waals surface area contributed by atoms with Crippen LogP contribution in [0.5, 0.6) is 0 Å². The molecule has 0 fully saturated rings. The highest BCUT2D eigenvalue weighted by molar-refractivity contribution is 14.2. The first-order chi connectivity index (χ1) is 4.66. The van der Waals surface area contributed by atoms with Crippen molar-refractivity contribution in [1.29, 1.82) is 0 Å². The normalized spacial score (nSPS) is 15.1. The van der Waals surface area contributed by atoms with Gasteiger partial charge in [-0.05, 0) is 13.8 Å². The molecule has 0 heterocycles. The summed E-state index contributed by atoms with van der Waals surface area (Å²) in [7, 11) is 0.494. The lowest BCUT2D eigenvalue weighted by Gasteiger charge is -1.99. The predicted octanol–water partition coefficient (Wildman–Crippen LogP) is 1.78. The quantitative estimate of drug-likeness (QED) is 0.386. The molecule has 0 aliphatic carbocycles. The van der Waals surface area contributed by atoms with Crippen molar-refractivity contribution in [2.75, 3.05) is 0 Å². The van der Waals surface area contributed by atoms with E-state index in [9.17, 15) is 0 Å². The Morgan fingerprint density at radius 2 is 2.20 bits per heavy atom. The van der Waals surface area contributed by atoms with Crippen LogP contribution in [0.15, 0.2) is 11.3 Å². The number of hydrogen-bond donors (Lipinski definition) is 0. The van der Waals surface area contributed by atoms with E-state index in [1.54, 1.807) is 10.9 Å². The van der Waals surface area contributed by atoms with Gasteiger partial charge in [-0.15, -0.1) is 0 Å². The maximum atomic E-state index is 2.55. The zero-order valence-electron chi connectivity index (χ0n) is 6.53. The van der Waals surface area contributed by atoms with Crippen molar-refractivity contribution in [3.8, 4) is 0 Å². The fraction of sp³-hybridized carbons (Fsp3) is 0.667. The average molecular weight is 396 g/mol. The van der Waals surface area contributed by atoms with Crippen molar-refractivity contribution >= 4 is 64.2 Å². The molecule has 0 aromatic carbocycles. The largest absolute Gasteiger partial charge is 0.0954 e. The Balaban J connectivity index is 3.20. The van der Waals surface area contributed by atoms with Gasteiger partial charge in [-0.3, -0.25) is 0 Å². The molecule has 0 aromatic rings. The molecule has 0 amide bonds. The molecular formula is C6H14I2Si2. The Morgan fingerprint density at radius 1 is 1.60 bits per heavy atom. The van der Waals surface area contributed by atoms with Crippen molar-refractivity contribution < 1.29 is 0 Å². The summed E-state index contributed by atoms with van der Waals surface area (Å²) in [6, 6.07) is 0. The molecule has 0 radical (unpaired) electrons. The molecule has 0 rings (SSSR count). The first-order valence-corrected chi connectivity index (χ1v) is 9.58. The molecule has 0 aliphatic rings. The molecule has 0 saturated carbocycles. The first-order valence-electron chi connectivity index (χ1n) is 3.56. The Kier molecular flexibility index (Phi) is 8.48. The summed E-state index contributed by atoms with van der Waals surface area (Å²) in [6.45, 7) is 4.45. The van der Waals surface area contributed by atoms with Crippen LogP contribution in [0, 0.1) is 0 Å². The summed E-state index contributed by atoms with van der Waals surface area (Å²) in [5.74, 6) is 0. The standard InChI is InChI=1S/C6H14I2Si2/c1-3-5(2)9-4-10-6(7)8/h3,6H,4,9-10H2,1-2H3. The topological polar surface area (TPSA) is 0 Å². The number of allylic oxidation sites excluding steroid dienone is 2. The SMILES string of the molecule is CC=C(C)[SiH2]C[SiH2]C(I)I. The van der Waals surface area contributed by atoms with Gasteiger partial charge < -0.3 is 0 Å². The maximum Gasteiger partial charge on any atom is 0.0481 e. The van der Waals surface area contributed by atoms with Crippen LogP contribution in [0.2, 0.25) is 5.67 Å². The monoisotopic (exact) mass is 396 g/mol. The fourth-order valence-electron chi connectivity index (χ4n) is 0.680. The van der Waals surface area contributed by atoms with Gasteiger partial charge in [-0.1, -0.05) is 62.1 Å². The molecule has 10 heavy (non-hydrogen) atoms. The second-order valence-electron chi connectivity index (χ2n) is 2.42. The van der Waals surface area contributed by atoms with E-state index in [0.29, 0.717) is 0 Å². The van der Waals surface area contributed by atoms with E-state index in [2.05, 4.69) is 65.1 Å². The van der Waals surface area contributed by atoms with Gasteiger partial charge >= 0.3 is 0 Å². The van der Waals surface area contributed by atoms with E-state index in [-0.39, 0.29) is 19.0 Å². The molecule has 0 atom stereocenters. The highest BCUT2D eigenvalue weighted by Gasteiger charge is 1.98. The zero-order chi connectivity index (χ0) is 7.98. The molecule has 0 unspecified atom stereocenters. The summed E-state index contributed by atoms with van der Waals surface area (Å²) in [5, 5.41) is 1.70. The minimum atomic E-state index is 0.206. The highest BCUT2D eigenvalue weighted by atomic mass is 127. The second kappa shape index (κ2) is 7.29. The third-order valence-electron chi connectivity index (χ3n) is 1.49. The third-order valence-corrected chi connectivity index (χ3v) is 9.90. The van der Waals surface area contributed by atoms with Crippen molar-refractivity contribution in [3.05, 3.63) is 11.3 Å². The molecular weight excluding hydrogens is 382 g/mol. The lowest BCUT2D eigenvalue weighted by atomic mass is 10.6. The van der Waals surface area contributed by atoms with Crippen LogP contribution in [0.3, 0.4) is 0 Å². The first kappa shape index (κ1) is 11.6. The van der Waals surface area contributed by atoms with Crippen molar-refractivity contribution in [2.45, 2.75) is 21.1 Å². The van der Waals surface area contributed by atoms with Gasteiger partial charge in [0.25, 0.3) is 0 Å². The molecule has 0 spiro atoms. The molecule has 0 aliphatic heterocycles. The Labute approximate surface area is 95.5 Å². The van der Waals surface area contributed by atoms with Crippen LogP contribution in [0.25, 0.3) is 0 Å². The summed E-state index contributed by atoms with van der Waals surface area (Å²) < 4.78 is 0.979. The Hall–Kier alpha value is 1.63. The number of hydrogen-bond acceptors (Lipinski definition) is 0. The van der Waals surface area contributed by atoms with Gasteiger partial charge in [0.1, 0.15) is 0 Å². The third kappa shape index (κ3) is 7.74. The van der Waals surface area contributed by atoms with Crippen LogP contribution < -0.4 is 0 Å². The molecule has 0 aromatic heterocycles. The minimum Gasteiger partial charge on any atom is -0.0954 e. The van der Waals surface area contributed by atoms with Crippen molar-refractivity contribution in [1.82, 2.24) is 0 Å². The van der Waals surface area contributed by atoms with E-state index in [0.717, 1.165) is 1.55 Å². The maximum absolute atomic E-state index is 2.55. The van der Waals surface area contributed by atoms with Crippen LogP contribution in [0.1, 0.15) is 13.8 Å². The summed E-state index contributed by atoms with van der Waals surface area (Å²) in [5.41, 5.74) is 1.62. The second-order valence-corrected chi connectivity index (χ2v) is 17.0. The van der Waals surface area contributed by atoms with E-state index >= 15 is 0 Å². The van der Waals surface area contributed by atoms with Gasteiger partial charge in [0.05, 0.1) is 0 Å².